The maximum atomic E-state index is 5.96. The van der Waals surface area contributed by atoms with Gasteiger partial charge in [0.2, 0.25) is 0 Å². The summed E-state index contributed by atoms with van der Waals surface area (Å²) in [7, 11) is 1.90. The van der Waals surface area contributed by atoms with Gasteiger partial charge < -0.3 is 5.73 Å². The Labute approximate surface area is 110 Å². The van der Waals surface area contributed by atoms with Crippen molar-refractivity contribution in [3.63, 3.8) is 0 Å². The molecule has 0 aliphatic rings. The minimum Gasteiger partial charge on any atom is -0.329 e. The lowest BCUT2D eigenvalue weighted by Crippen LogP contribution is -2.08. The molecular weight excluding hydrogens is 254 g/mol. The molecule has 5 heteroatoms. The molecule has 0 saturated heterocycles. The minimum atomic E-state index is 0.210. The van der Waals surface area contributed by atoms with Crippen molar-refractivity contribution >= 4 is 23.4 Å². The predicted octanol–water partition coefficient (Wildman–Crippen LogP) is 2.87. The second kappa shape index (κ2) is 5.58. The second-order valence-corrected chi connectivity index (χ2v) is 5.46. The molecule has 90 valence electrons. The highest BCUT2D eigenvalue weighted by Gasteiger charge is 2.13. The average Bonchev–Trinajstić information content (AvgIpc) is 2.73. The van der Waals surface area contributed by atoms with E-state index in [1.54, 1.807) is 16.4 Å². The molecule has 17 heavy (non-hydrogen) atoms. The summed E-state index contributed by atoms with van der Waals surface area (Å²) in [6, 6.07) is 7.80. The van der Waals surface area contributed by atoms with Gasteiger partial charge in [0.25, 0.3) is 0 Å². The van der Waals surface area contributed by atoms with E-state index in [-0.39, 0.29) is 5.25 Å². The number of rotatable bonds is 4. The Morgan fingerprint density at radius 2 is 2.35 bits per heavy atom. The van der Waals surface area contributed by atoms with Gasteiger partial charge in [0, 0.05) is 40.5 Å². The number of hydrogen-bond acceptors (Lipinski definition) is 3. The van der Waals surface area contributed by atoms with Crippen LogP contribution >= 0.6 is 23.4 Å². The Morgan fingerprint density at radius 1 is 1.53 bits per heavy atom. The Kier molecular flexibility index (Phi) is 4.10. The summed E-state index contributed by atoms with van der Waals surface area (Å²) in [4.78, 5) is 1.12. The fraction of sp³-hybridized carbons (Fsp3) is 0.250. The molecule has 0 aliphatic heterocycles. The quantitative estimate of drug-likeness (QED) is 0.867. The molecule has 1 aromatic heterocycles. The van der Waals surface area contributed by atoms with Crippen LogP contribution in [0.1, 0.15) is 10.8 Å². The van der Waals surface area contributed by atoms with Crippen LogP contribution in [0.15, 0.2) is 41.6 Å². The summed E-state index contributed by atoms with van der Waals surface area (Å²) < 4.78 is 1.79. The monoisotopic (exact) mass is 267 g/mol. The lowest BCUT2D eigenvalue weighted by atomic mass is 10.2. The van der Waals surface area contributed by atoms with Crippen molar-refractivity contribution in [2.45, 2.75) is 10.1 Å². The Morgan fingerprint density at radius 3 is 2.94 bits per heavy atom. The van der Waals surface area contributed by atoms with E-state index < -0.39 is 0 Å². The van der Waals surface area contributed by atoms with E-state index in [1.165, 1.54) is 0 Å². The molecule has 1 aromatic carbocycles. The average molecular weight is 268 g/mol. The van der Waals surface area contributed by atoms with Crippen LogP contribution in [-0.2, 0) is 7.05 Å². The van der Waals surface area contributed by atoms with E-state index in [1.807, 2.05) is 43.7 Å². The fourth-order valence-corrected chi connectivity index (χ4v) is 2.85. The number of aromatic nitrogens is 2. The topological polar surface area (TPSA) is 43.8 Å². The Balaban J connectivity index is 2.15. The first-order valence-corrected chi connectivity index (χ1v) is 6.55. The van der Waals surface area contributed by atoms with E-state index in [9.17, 15) is 0 Å². The van der Waals surface area contributed by atoms with Gasteiger partial charge >= 0.3 is 0 Å². The first kappa shape index (κ1) is 12.5. The standard InChI is InChI=1S/C12H14ClN3S/c1-16-8-9(7-15-16)12(6-14)17-11-4-2-3-10(13)5-11/h2-5,7-8,12H,6,14H2,1H3. The molecule has 0 saturated carbocycles. The molecule has 2 aromatic rings. The highest BCUT2D eigenvalue weighted by molar-refractivity contribution is 7.99. The molecule has 1 unspecified atom stereocenters. The zero-order valence-corrected chi connectivity index (χ0v) is 11.1. The highest BCUT2D eigenvalue weighted by atomic mass is 35.5. The van der Waals surface area contributed by atoms with Gasteiger partial charge in [0.15, 0.2) is 0 Å². The van der Waals surface area contributed by atoms with Crippen LogP contribution in [0.2, 0.25) is 5.02 Å². The Hall–Kier alpha value is -0.970. The van der Waals surface area contributed by atoms with Crippen molar-refractivity contribution in [3.05, 3.63) is 47.2 Å². The van der Waals surface area contributed by atoms with Crippen LogP contribution in [-0.4, -0.2) is 16.3 Å². The SMILES string of the molecule is Cn1cc(C(CN)Sc2cccc(Cl)c2)cn1. The first-order valence-electron chi connectivity index (χ1n) is 5.30. The van der Waals surface area contributed by atoms with Gasteiger partial charge in [-0.2, -0.15) is 5.10 Å². The third-order valence-electron chi connectivity index (χ3n) is 2.39. The third-order valence-corrected chi connectivity index (χ3v) is 3.90. The van der Waals surface area contributed by atoms with Crippen molar-refractivity contribution in [2.75, 3.05) is 6.54 Å². The smallest absolute Gasteiger partial charge is 0.0533 e. The molecule has 2 rings (SSSR count). The van der Waals surface area contributed by atoms with Crippen molar-refractivity contribution in [3.8, 4) is 0 Å². The van der Waals surface area contributed by atoms with Crippen LogP contribution < -0.4 is 5.73 Å². The summed E-state index contributed by atoms with van der Waals surface area (Å²) >= 11 is 7.67. The van der Waals surface area contributed by atoms with Gasteiger partial charge in [-0.3, -0.25) is 4.68 Å². The largest absolute Gasteiger partial charge is 0.329 e. The molecule has 0 amide bonds. The van der Waals surface area contributed by atoms with Crippen LogP contribution in [0.5, 0.6) is 0 Å². The van der Waals surface area contributed by atoms with Gasteiger partial charge in [-0.1, -0.05) is 17.7 Å². The zero-order valence-electron chi connectivity index (χ0n) is 9.51. The zero-order chi connectivity index (χ0) is 12.3. The minimum absolute atomic E-state index is 0.210. The molecule has 0 aliphatic carbocycles. The maximum Gasteiger partial charge on any atom is 0.0533 e. The van der Waals surface area contributed by atoms with E-state index in [2.05, 4.69) is 5.10 Å². The van der Waals surface area contributed by atoms with Gasteiger partial charge in [-0.25, -0.2) is 0 Å². The lowest BCUT2D eigenvalue weighted by Gasteiger charge is -2.12. The fourth-order valence-electron chi connectivity index (χ4n) is 1.56. The summed E-state index contributed by atoms with van der Waals surface area (Å²) in [5.74, 6) is 0. The number of nitrogens with zero attached hydrogens (tertiary/aromatic N) is 2. The van der Waals surface area contributed by atoms with Gasteiger partial charge in [0.1, 0.15) is 0 Å². The number of halogens is 1. The van der Waals surface area contributed by atoms with E-state index in [4.69, 9.17) is 17.3 Å². The molecule has 0 spiro atoms. The molecule has 3 nitrogen and oxygen atoms in total. The number of hydrogen-bond donors (Lipinski definition) is 1. The van der Waals surface area contributed by atoms with E-state index in [0.29, 0.717) is 6.54 Å². The molecule has 1 heterocycles. The summed E-state index contributed by atoms with van der Waals surface area (Å²) in [6.45, 7) is 0.572. The molecule has 0 radical (unpaired) electrons. The third kappa shape index (κ3) is 3.25. The number of benzene rings is 1. The normalized spacial score (nSPS) is 12.6. The Bertz CT molecular complexity index is 498. The summed E-state index contributed by atoms with van der Waals surface area (Å²) in [6.07, 6.45) is 3.85. The van der Waals surface area contributed by atoms with Crippen LogP contribution in [0.4, 0.5) is 0 Å². The molecule has 2 N–H and O–H groups in total. The van der Waals surface area contributed by atoms with Crippen LogP contribution in [0.25, 0.3) is 0 Å². The molecular formula is C12H14ClN3S. The van der Waals surface area contributed by atoms with E-state index in [0.717, 1.165) is 15.5 Å². The summed E-state index contributed by atoms with van der Waals surface area (Å²) in [5, 5.41) is 5.12. The van der Waals surface area contributed by atoms with Crippen molar-refractivity contribution < 1.29 is 0 Å². The predicted molar refractivity (Wildman–Crippen MR) is 72.3 cm³/mol. The maximum absolute atomic E-state index is 5.96. The highest BCUT2D eigenvalue weighted by Crippen LogP contribution is 2.34. The molecule has 1 atom stereocenters. The lowest BCUT2D eigenvalue weighted by molar-refractivity contribution is 0.766. The number of nitrogens with two attached hydrogens (primary N) is 1. The van der Waals surface area contributed by atoms with Crippen molar-refractivity contribution in [1.29, 1.82) is 0 Å². The number of thioether (sulfide) groups is 1. The van der Waals surface area contributed by atoms with Crippen LogP contribution in [0, 0.1) is 0 Å². The molecule has 0 fully saturated rings. The van der Waals surface area contributed by atoms with Gasteiger partial charge in [0.05, 0.1) is 6.20 Å². The summed E-state index contributed by atoms with van der Waals surface area (Å²) in [5.41, 5.74) is 6.95. The van der Waals surface area contributed by atoms with E-state index >= 15 is 0 Å². The van der Waals surface area contributed by atoms with Crippen LogP contribution in [0.3, 0.4) is 0 Å². The van der Waals surface area contributed by atoms with Crippen molar-refractivity contribution in [2.24, 2.45) is 12.8 Å². The second-order valence-electron chi connectivity index (χ2n) is 3.75. The van der Waals surface area contributed by atoms with Gasteiger partial charge in [-0.05, 0) is 18.2 Å². The van der Waals surface area contributed by atoms with Gasteiger partial charge in [-0.15, -0.1) is 11.8 Å². The first-order chi connectivity index (χ1) is 8.19. The van der Waals surface area contributed by atoms with Crippen molar-refractivity contribution in [1.82, 2.24) is 9.78 Å². The number of aryl methyl sites for hydroxylation is 1. The molecule has 0 bridgehead atoms.